The Bertz CT molecular complexity index is 44.5. The zero-order chi connectivity index (χ0) is 6.99. The second-order valence-corrected chi connectivity index (χ2v) is 1.52. The molecule has 0 heterocycles. The second-order valence-electron chi connectivity index (χ2n) is 1.52. The number of hydrogen-bond acceptors (Lipinski definition) is 3. The average Bonchev–Trinajstić information content (AvgIpc) is 1.65. The molecule has 48 valence electrons. The lowest BCUT2D eigenvalue weighted by Gasteiger charge is -1.90. The molecule has 0 saturated heterocycles. The minimum absolute atomic E-state index is 0.986. The van der Waals surface area contributed by atoms with Gasteiger partial charge in [-0.3, -0.25) is 0 Å². The number of nitrogens with zero attached hydrogens (tertiary/aromatic N) is 2. The fourth-order valence-corrected chi connectivity index (χ4v) is 0. The molecule has 0 aliphatic carbocycles. The quantitative estimate of drug-likeness (QED) is 0.215. The molecule has 0 fully saturated rings. The summed E-state index contributed by atoms with van der Waals surface area (Å²) in [6, 6.07) is 0. The van der Waals surface area contributed by atoms with Crippen LogP contribution in [-0.4, -0.2) is 37.7 Å². The number of hydrogen-bond donors (Lipinski definition) is 1. The van der Waals surface area contributed by atoms with Gasteiger partial charge in [0.1, 0.15) is 0 Å². The van der Waals surface area contributed by atoms with Crippen LogP contribution in [0.15, 0.2) is 0 Å². The highest BCUT2D eigenvalue weighted by Crippen LogP contribution is 1.47. The van der Waals surface area contributed by atoms with Crippen molar-refractivity contribution in [2.24, 2.45) is 0 Å². The summed E-state index contributed by atoms with van der Waals surface area (Å²) in [4.78, 5) is 4.85. The van der Waals surface area contributed by atoms with E-state index in [0.717, 1.165) is 6.40 Å². The third-order valence-electron chi connectivity index (χ3n) is 0.0408. The Morgan fingerprint density at radius 1 is 1.50 bits per heavy atom. The van der Waals surface area contributed by atoms with Crippen molar-refractivity contribution in [1.82, 2.24) is 10.3 Å². The van der Waals surface area contributed by atoms with E-state index >= 15 is 0 Å². The first-order valence-electron chi connectivity index (χ1n) is 1.95. The minimum atomic E-state index is 0.986. The number of rotatable bonds is 1. The minimum Gasteiger partial charge on any atom is -0.312 e. The van der Waals surface area contributed by atoms with Crippen LogP contribution >= 0.6 is 0 Å². The van der Waals surface area contributed by atoms with E-state index in [2.05, 4.69) is 4.89 Å². The van der Waals surface area contributed by atoms with Gasteiger partial charge in [0.15, 0.2) is 0 Å². The maximum Gasteiger partial charge on any atom is 0.342 e. The van der Waals surface area contributed by atoms with Crippen molar-refractivity contribution in [3.63, 3.8) is 0 Å². The molecule has 0 bridgehead atoms. The Morgan fingerprint density at radius 3 is 1.62 bits per heavy atom. The molecule has 0 spiro atoms. The summed E-state index contributed by atoms with van der Waals surface area (Å²) in [6.07, 6.45) is 0.986. The van der Waals surface area contributed by atoms with Crippen molar-refractivity contribution in [2.45, 2.75) is 0 Å². The van der Waals surface area contributed by atoms with Crippen LogP contribution in [-0.2, 0) is 4.89 Å². The van der Waals surface area contributed by atoms with Crippen LogP contribution in [0.5, 0.6) is 0 Å². The van der Waals surface area contributed by atoms with Gasteiger partial charge in [0.05, 0.1) is 0 Å². The predicted octanol–water partition coefficient (Wildman–Crippen LogP) is -0.641. The van der Waals surface area contributed by atoms with Gasteiger partial charge < -0.3 is 9.79 Å². The van der Waals surface area contributed by atoms with Crippen LogP contribution in [0.25, 0.3) is 0 Å². The van der Waals surface area contributed by atoms with Gasteiger partial charge in [0.2, 0.25) is 0 Å². The van der Waals surface area contributed by atoms with Gasteiger partial charge in [0.25, 0.3) is 0 Å². The van der Waals surface area contributed by atoms with Gasteiger partial charge in [-0.2, -0.15) is 0 Å². The summed E-state index contributed by atoms with van der Waals surface area (Å²) in [5.41, 5.74) is 0. The molecule has 0 aliphatic rings. The first-order valence-corrected chi connectivity index (χ1v) is 1.95. The Kier molecular flexibility index (Phi) is 12.5. The molecule has 0 atom stereocenters. The Hall–Kier alpha value is -0.610. The van der Waals surface area contributed by atoms with Crippen LogP contribution in [0, 0.1) is 0 Å². The van der Waals surface area contributed by atoms with Gasteiger partial charge in [-0.25, -0.2) is 5.26 Å². The lowest BCUT2D eigenvalue weighted by molar-refractivity contribution is -0.147. The lowest BCUT2D eigenvalue weighted by atomic mass is 11.0. The molecule has 8 heavy (non-hydrogen) atoms. The van der Waals surface area contributed by atoms with Gasteiger partial charge in [-0.1, -0.05) is 5.41 Å². The van der Waals surface area contributed by atoms with E-state index in [1.807, 2.05) is 26.0 Å². The van der Waals surface area contributed by atoms with Crippen LogP contribution < -0.4 is 5.41 Å². The van der Waals surface area contributed by atoms with Gasteiger partial charge >= 0.3 is 6.40 Å². The highest BCUT2D eigenvalue weighted by atomic mass is 17.1. The van der Waals surface area contributed by atoms with Crippen molar-refractivity contribution in [2.75, 3.05) is 21.1 Å². The van der Waals surface area contributed by atoms with Crippen molar-refractivity contribution < 1.29 is 10.1 Å². The molecule has 0 aromatic carbocycles. The van der Waals surface area contributed by atoms with Crippen LogP contribution in [0.2, 0.25) is 0 Å². The first kappa shape index (κ1) is 10.4. The fourth-order valence-electron chi connectivity index (χ4n) is 0. The Balaban J connectivity index is 0. The van der Waals surface area contributed by atoms with E-state index in [1.54, 1.807) is 0 Å². The van der Waals surface area contributed by atoms with E-state index in [1.165, 1.54) is 0 Å². The maximum absolute atomic E-state index is 7.15. The normalized spacial score (nSPS) is 7.12. The SMILES string of the molecule is CN(C)C.[N]=[C]OO. The molecule has 4 heteroatoms. The smallest absolute Gasteiger partial charge is 0.312 e. The van der Waals surface area contributed by atoms with Gasteiger partial charge in [-0.15, -0.1) is 0 Å². The molecule has 4 nitrogen and oxygen atoms in total. The third kappa shape index (κ3) is 683. The topological polar surface area (TPSA) is 55.0 Å². The maximum atomic E-state index is 7.15. The molecular weight excluding hydrogens is 108 g/mol. The predicted molar refractivity (Wildman–Crippen MR) is 30.5 cm³/mol. The Morgan fingerprint density at radius 2 is 1.62 bits per heavy atom. The average molecular weight is 118 g/mol. The van der Waals surface area contributed by atoms with Crippen molar-refractivity contribution >= 4 is 6.40 Å². The summed E-state index contributed by atoms with van der Waals surface area (Å²) in [7, 11) is 6.00. The van der Waals surface area contributed by atoms with Crippen molar-refractivity contribution in [3.05, 3.63) is 0 Å². The second kappa shape index (κ2) is 9.63. The van der Waals surface area contributed by atoms with Gasteiger partial charge in [-0.05, 0) is 21.1 Å². The summed E-state index contributed by atoms with van der Waals surface area (Å²) >= 11 is 0. The molecule has 0 amide bonds. The molecule has 2 radical (unpaired) electrons. The molecule has 0 aromatic rings. The highest BCUT2D eigenvalue weighted by molar-refractivity contribution is 5.40. The fraction of sp³-hybridized carbons (Fsp3) is 0.750. The van der Waals surface area contributed by atoms with Gasteiger partial charge in [0, 0.05) is 0 Å². The first-order chi connectivity index (χ1) is 3.65. The Labute approximate surface area is 49.1 Å². The van der Waals surface area contributed by atoms with Crippen molar-refractivity contribution in [3.8, 4) is 0 Å². The monoisotopic (exact) mass is 118 g/mol. The molecule has 0 saturated carbocycles. The summed E-state index contributed by atoms with van der Waals surface area (Å²) in [6.45, 7) is 0. The van der Waals surface area contributed by atoms with Crippen LogP contribution in [0.1, 0.15) is 0 Å². The summed E-state index contributed by atoms with van der Waals surface area (Å²) in [5, 5.41) is 14.2. The third-order valence-corrected chi connectivity index (χ3v) is 0.0408. The van der Waals surface area contributed by atoms with Crippen LogP contribution in [0.3, 0.4) is 0 Å². The molecule has 1 N–H and O–H groups in total. The molecule has 0 aromatic heterocycles. The highest BCUT2D eigenvalue weighted by Gasteiger charge is 1.58. The molecule has 0 aliphatic heterocycles. The van der Waals surface area contributed by atoms with E-state index in [-0.39, 0.29) is 0 Å². The molecule has 0 rings (SSSR count). The van der Waals surface area contributed by atoms with E-state index in [4.69, 9.17) is 10.7 Å². The standard InChI is InChI=1S/C3H9N.CHNO2/c1-4(2)3;2-1-4-3/h1-3H3;3H. The van der Waals surface area contributed by atoms with E-state index in [9.17, 15) is 0 Å². The zero-order valence-corrected chi connectivity index (χ0v) is 5.25. The van der Waals surface area contributed by atoms with E-state index < -0.39 is 0 Å². The molecule has 0 unspecified atom stereocenters. The summed E-state index contributed by atoms with van der Waals surface area (Å²) < 4.78 is 0. The largest absolute Gasteiger partial charge is 0.342 e. The van der Waals surface area contributed by atoms with E-state index in [0.29, 0.717) is 0 Å². The molecular formula is C4H10N2O2. The summed E-state index contributed by atoms with van der Waals surface area (Å²) in [5.74, 6) is 0. The zero-order valence-electron chi connectivity index (χ0n) is 5.25. The lowest BCUT2D eigenvalue weighted by Crippen LogP contribution is -1.99. The van der Waals surface area contributed by atoms with Crippen LogP contribution in [0.4, 0.5) is 0 Å². The van der Waals surface area contributed by atoms with Crippen molar-refractivity contribution in [1.29, 1.82) is 0 Å².